The Balaban J connectivity index is 2.76. The smallest absolute Gasteiger partial charge is 0.0522 e. The van der Waals surface area contributed by atoms with Crippen LogP contribution in [-0.2, 0) is 0 Å². The number of aliphatic hydroxyl groups is 2. The van der Waals surface area contributed by atoms with Crippen LogP contribution in [0, 0.1) is 0 Å². The summed E-state index contributed by atoms with van der Waals surface area (Å²) in [5, 5.41) is 23.3. The van der Waals surface area contributed by atoms with Crippen LogP contribution in [-0.4, -0.2) is 53.4 Å². The molecular formula is C7H18N2O2S2. The van der Waals surface area contributed by atoms with Gasteiger partial charge in [-0.1, -0.05) is 0 Å². The van der Waals surface area contributed by atoms with Gasteiger partial charge in [-0.25, -0.2) is 0 Å². The highest BCUT2D eigenvalue weighted by Crippen LogP contribution is 1.94. The van der Waals surface area contributed by atoms with Crippen LogP contribution in [0.25, 0.3) is 0 Å². The minimum absolute atomic E-state index is 0.242. The summed E-state index contributed by atoms with van der Waals surface area (Å²) in [6, 6.07) is 0. The fourth-order valence-electron chi connectivity index (χ4n) is 0.608. The van der Waals surface area contributed by atoms with E-state index in [1.807, 2.05) is 0 Å². The van der Waals surface area contributed by atoms with E-state index in [0.29, 0.717) is 0 Å². The number of thioether (sulfide) groups is 2. The normalized spacial score (nSPS) is 10.6. The van der Waals surface area contributed by atoms with E-state index in [9.17, 15) is 0 Å². The average molecular weight is 226 g/mol. The highest BCUT2D eigenvalue weighted by Gasteiger charge is 1.88. The van der Waals surface area contributed by atoms with Crippen LogP contribution in [0.4, 0.5) is 0 Å². The monoisotopic (exact) mass is 226 g/mol. The van der Waals surface area contributed by atoms with Gasteiger partial charge in [0.2, 0.25) is 0 Å². The van der Waals surface area contributed by atoms with E-state index in [-0.39, 0.29) is 13.2 Å². The molecule has 0 spiro atoms. The first-order chi connectivity index (χ1) is 6.41. The van der Waals surface area contributed by atoms with E-state index in [0.717, 1.165) is 29.9 Å². The van der Waals surface area contributed by atoms with Crippen molar-refractivity contribution in [3.8, 4) is 0 Å². The maximum atomic E-state index is 8.47. The van der Waals surface area contributed by atoms with Crippen molar-refractivity contribution in [2.24, 2.45) is 0 Å². The summed E-state index contributed by atoms with van der Waals surface area (Å²) in [6.07, 6.45) is 0. The molecule has 0 aliphatic carbocycles. The largest absolute Gasteiger partial charge is 0.396 e. The van der Waals surface area contributed by atoms with Crippen LogP contribution >= 0.6 is 23.5 Å². The zero-order valence-corrected chi connectivity index (χ0v) is 9.29. The molecule has 0 unspecified atom stereocenters. The van der Waals surface area contributed by atoms with Gasteiger partial charge in [0.25, 0.3) is 0 Å². The second kappa shape index (κ2) is 12.5. The molecule has 4 nitrogen and oxygen atoms in total. The van der Waals surface area contributed by atoms with Gasteiger partial charge < -0.3 is 10.2 Å². The van der Waals surface area contributed by atoms with Crippen molar-refractivity contribution in [3.05, 3.63) is 0 Å². The quantitative estimate of drug-likeness (QED) is 0.297. The summed E-state index contributed by atoms with van der Waals surface area (Å²) in [4.78, 5) is 0. The summed E-state index contributed by atoms with van der Waals surface area (Å²) < 4.78 is 0. The van der Waals surface area contributed by atoms with E-state index in [1.165, 1.54) is 0 Å². The number of hydrogen-bond donors (Lipinski definition) is 4. The van der Waals surface area contributed by atoms with Gasteiger partial charge in [-0.15, -0.1) is 23.5 Å². The molecule has 0 amide bonds. The summed E-state index contributed by atoms with van der Waals surface area (Å²) in [5.41, 5.74) is 0. The van der Waals surface area contributed by atoms with Crippen molar-refractivity contribution in [1.82, 2.24) is 10.6 Å². The second-order valence-corrected chi connectivity index (χ2v) is 4.44. The molecule has 0 fully saturated rings. The van der Waals surface area contributed by atoms with E-state index >= 15 is 0 Å². The van der Waals surface area contributed by atoms with Gasteiger partial charge in [-0.05, 0) is 0 Å². The van der Waals surface area contributed by atoms with Crippen LogP contribution in [0.3, 0.4) is 0 Å². The number of aliphatic hydroxyl groups excluding tert-OH is 2. The first-order valence-corrected chi connectivity index (χ1v) is 6.51. The summed E-state index contributed by atoms with van der Waals surface area (Å²) >= 11 is 3.35. The third kappa shape index (κ3) is 12.5. The molecular weight excluding hydrogens is 208 g/mol. The lowest BCUT2D eigenvalue weighted by molar-refractivity contribution is 0.322. The van der Waals surface area contributed by atoms with Gasteiger partial charge in [0.1, 0.15) is 0 Å². The lowest BCUT2D eigenvalue weighted by Crippen LogP contribution is -2.28. The first kappa shape index (κ1) is 13.5. The van der Waals surface area contributed by atoms with Gasteiger partial charge in [0.15, 0.2) is 0 Å². The Labute approximate surface area is 87.9 Å². The molecule has 0 aromatic rings. The molecule has 6 heteroatoms. The van der Waals surface area contributed by atoms with Crippen LogP contribution in [0.2, 0.25) is 0 Å². The zero-order chi connectivity index (χ0) is 9.78. The summed E-state index contributed by atoms with van der Waals surface area (Å²) in [7, 11) is 0. The van der Waals surface area contributed by atoms with E-state index in [4.69, 9.17) is 10.2 Å². The van der Waals surface area contributed by atoms with Crippen molar-refractivity contribution >= 4 is 23.5 Å². The first-order valence-electron chi connectivity index (χ1n) is 4.20. The fourth-order valence-corrected chi connectivity index (χ4v) is 1.65. The van der Waals surface area contributed by atoms with E-state index in [2.05, 4.69) is 10.6 Å². The summed E-state index contributed by atoms with van der Waals surface area (Å²) in [5.74, 6) is 3.29. The van der Waals surface area contributed by atoms with Crippen molar-refractivity contribution < 1.29 is 10.2 Å². The van der Waals surface area contributed by atoms with Gasteiger partial charge in [-0.3, -0.25) is 10.6 Å². The molecule has 4 N–H and O–H groups in total. The Morgan fingerprint density at radius 1 is 0.846 bits per heavy atom. The van der Waals surface area contributed by atoms with Crippen LogP contribution in [0.5, 0.6) is 0 Å². The third-order valence-electron chi connectivity index (χ3n) is 1.13. The average Bonchev–Trinajstić information content (AvgIpc) is 2.16. The molecule has 0 aliphatic heterocycles. The topological polar surface area (TPSA) is 64.5 Å². The molecule has 0 rings (SSSR count). The SMILES string of the molecule is OCCSCNCNCSCCO. The lowest BCUT2D eigenvalue weighted by atomic mass is 10.9. The van der Waals surface area contributed by atoms with Gasteiger partial charge in [0, 0.05) is 29.9 Å². The molecule has 0 heterocycles. The fraction of sp³-hybridized carbons (Fsp3) is 1.00. The molecule has 0 bridgehead atoms. The maximum absolute atomic E-state index is 8.47. The van der Waals surface area contributed by atoms with Crippen LogP contribution in [0.15, 0.2) is 0 Å². The van der Waals surface area contributed by atoms with Crippen molar-refractivity contribution in [1.29, 1.82) is 0 Å². The minimum atomic E-state index is 0.242. The van der Waals surface area contributed by atoms with Crippen LogP contribution in [0.1, 0.15) is 0 Å². The standard InChI is InChI=1S/C7H18N2O2S2/c10-1-3-12-6-8-5-9-7-13-4-2-11/h8-11H,1-7H2. The molecule has 0 aliphatic rings. The Hall–Kier alpha value is 0.540. The second-order valence-electron chi connectivity index (χ2n) is 2.23. The molecule has 0 radical (unpaired) electrons. The van der Waals surface area contributed by atoms with Crippen molar-refractivity contribution in [3.63, 3.8) is 0 Å². The number of nitrogens with one attached hydrogen (secondary N) is 2. The maximum Gasteiger partial charge on any atom is 0.0522 e. The molecule has 0 aromatic heterocycles. The highest BCUT2D eigenvalue weighted by molar-refractivity contribution is 7.99. The van der Waals surface area contributed by atoms with Gasteiger partial charge in [-0.2, -0.15) is 0 Å². The van der Waals surface area contributed by atoms with Gasteiger partial charge in [0.05, 0.1) is 13.2 Å². The zero-order valence-electron chi connectivity index (χ0n) is 7.66. The lowest BCUT2D eigenvalue weighted by Gasteiger charge is -2.05. The predicted molar refractivity (Wildman–Crippen MR) is 60.0 cm³/mol. The van der Waals surface area contributed by atoms with Crippen LogP contribution < -0.4 is 10.6 Å². The number of rotatable bonds is 10. The Bertz CT molecular complexity index is 88.6. The van der Waals surface area contributed by atoms with Crippen molar-refractivity contribution in [2.75, 3.05) is 43.1 Å². The predicted octanol–water partition coefficient (Wildman–Crippen LogP) is -0.511. The van der Waals surface area contributed by atoms with Gasteiger partial charge >= 0.3 is 0 Å². The Kier molecular flexibility index (Phi) is 13.1. The highest BCUT2D eigenvalue weighted by atomic mass is 32.2. The summed E-state index contributed by atoms with van der Waals surface area (Å²) in [6.45, 7) is 1.26. The number of hydrogen-bond acceptors (Lipinski definition) is 6. The molecule has 0 saturated heterocycles. The Morgan fingerprint density at radius 2 is 1.31 bits per heavy atom. The molecule has 0 saturated carbocycles. The molecule has 0 atom stereocenters. The Morgan fingerprint density at radius 3 is 1.69 bits per heavy atom. The third-order valence-corrected chi connectivity index (χ3v) is 2.89. The molecule has 13 heavy (non-hydrogen) atoms. The minimum Gasteiger partial charge on any atom is -0.396 e. The molecule has 0 aromatic carbocycles. The van der Waals surface area contributed by atoms with Crippen molar-refractivity contribution in [2.45, 2.75) is 0 Å². The van der Waals surface area contributed by atoms with E-state index in [1.54, 1.807) is 23.5 Å². The molecule has 80 valence electrons. The van der Waals surface area contributed by atoms with E-state index < -0.39 is 0 Å².